The summed E-state index contributed by atoms with van der Waals surface area (Å²) in [7, 11) is 0. The standard InChI is InChI=1S/C16H19N3O2/c1-11-5-6-14(16(18)20)15(9-11)19-7-8-21-13-4-2-3-12(17)10-13/h2-6,9-10,19H,7-8,17H2,1H3,(H2,18,20). The van der Waals surface area contributed by atoms with Crippen LogP contribution in [0.3, 0.4) is 0 Å². The van der Waals surface area contributed by atoms with Gasteiger partial charge in [-0.15, -0.1) is 0 Å². The number of amides is 1. The minimum Gasteiger partial charge on any atom is -0.492 e. The Morgan fingerprint density at radius 2 is 2.05 bits per heavy atom. The van der Waals surface area contributed by atoms with Crippen LogP contribution in [-0.4, -0.2) is 19.1 Å². The molecule has 5 nitrogen and oxygen atoms in total. The molecule has 0 radical (unpaired) electrons. The van der Waals surface area contributed by atoms with Gasteiger partial charge in [0.1, 0.15) is 12.4 Å². The summed E-state index contributed by atoms with van der Waals surface area (Å²) in [6.45, 7) is 2.97. The zero-order valence-corrected chi connectivity index (χ0v) is 11.9. The summed E-state index contributed by atoms with van der Waals surface area (Å²) in [5.41, 5.74) is 13.9. The van der Waals surface area contributed by atoms with Crippen LogP contribution < -0.4 is 21.5 Å². The van der Waals surface area contributed by atoms with E-state index >= 15 is 0 Å². The van der Waals surface area contributed by atoms with Crippen LogP contribution in [0.1, 0.15) is 15.9 Å². The Morgan fingerprint density at radius 3 is 2.76 bits per heavy atom. The molecule has 0 aliphatic rings. The third-order valence-corrected chi connectivity index (χ3v) is 2.98. The van der Waals surface area contributed by atoms with Crippen molar-refractivity contribution < 1.29 is 9.53 Å². The summed E-state index contributed by atoms with van der Waals surface area (Å²) in [5.74, 6) is 0.269. The van der Waals surface area contributed by atoms with Crippen LogP contribution in [0, 0.1) is 6.92 Å². The summed E-state index contributed by atoms with van der Waals surface area (Å²) in [6.07, 6.45) is 0. The van der Waals surface area contributed by atoms with Gasteiger partial charge in [-0.3, -0.25) is 4.79 Å². The number of aryl methyl sites for hydroxylation is 1. The Labute approximate surface area is 123 Å². The lowest BCUT2D eigenvalue weighted by Crippen LogP contribution is -2.17. The van der Waals surface area contributed by atoms with Gasteiger partial charge in [-0.05, 0) is 36.8 Å². The normalized spacial score (nSPS) is 10.1. The topological polar surface area (TPSA) is 90.4 Å². The number of anilines is 2. The molecule has 0 aliphatic carbocycles. The first-order valence-electron chi connectivity index (χ1n) is 6.69. The van der Waals surface area contributed by atoms with Crippen molar-refractivity contribution in [2.45, 2.75) is 6.92 Å². The number of primary amides is 1. The molecule has 0 spiro atoms. The SMILES string of the molecule is Cc1ccc(C(N)=O)c(NCCOc2cccc(N)c2)c1. The summed E-state index contributed by atoms with van der Waals surface area (Å²) >= 11 is 0. The molecule has 0 saturated heterocycles. The van der Waals surface area contributed by atoms with E-state index in [2.05, 4.69) is 5.32 Å². The maximum absolute atomic E-state index is 11.4. The Balaban J connectivity index is 1.91. The average molecular weight is 285 g/mol. The fraction of sp³-hybridized carbons (Fsp3) is 0.188. The molecule has 0 unspecified atom stereocenters. The highest BCUT2D eigenvalue weighted by Crippen LogP contribution is 2.17. The third kappa shape index (κ3) is 4.14. The molecule has 5 heteroatoms. The van der Waals surface area contributed by atoms with Crippen molar-refractivity contribution in [3.05, 3.63) is 53.6 Å². The highest BCUT2D eigenvalue weighted by atomic mass is 16.5. The molecule has 0 bridgehead atoms. The lowest BCUT2D eigenvalue weighted by molar-refractivity contribution is 0.100. The average Bonchev–Trinajstić information content (AvgIpc) is 2.43. The Morgan fingerprint density at radius 1 is 1.24 bits per heavy atom. The van der Waals surface area contributed by atoms with Gasteiger partial charge in [-0.2, -0.15) is 0 Å². The van der Waals surface area contributed by atoms with E-state index in [4.69, 9.17) is 16.2 Å². The fourth-order valence-corrected chi connectivity index (χ4v) is 1.98. The van der Waals surface area contributed by atoms with Crippen LogP contribution in [0.2, 0.25) is 0 Å². The number of nitrogens with two attached hydrogens (primary N) is 2. The van der Waals surface area contributed by atoms with E-state index in [9.17, 15) is 4.79 Å². The first-order chi connectivity index (χ1) is 10.1. The molecule has 0 aromatic heterocycles. The van der Waals surface area contributed by atoms with Crippen molar-refractivity contribution in [3.63, 3.8) is 0 Å². The van der Waals surface area contributed by atoms with Crippen LogP contribution in [0.15, 0.2) is 42.5 Å². The summed E-state index contributed by atoms with van der Waals surface area (Å²) in [6, 6.07) is 12.7. The van der Waals surface area contributed by atoms with Crippen molar-refractivity contribution in [1.82, 2.24) is 0 Å². The molecule has 0 saturated carbocycles. The fourth-order valence-electron chi connectivity index (χ4n) is 1.98. The van der Waals surface area contributed by atoms with Gasteiger partial charge in [0.2, 0.25) is 0 Å². The second kappa shape index (κ2) is 6.65. The molecule has 2 rings (SSSR count). The molecular weight excluding hydrogens is 266 g/mol. The second-order valence-corrected chi connectivity index (χ2v) is 4.76. The molecule has 110 valence electrons. The molecule has 0 atom stereocenters. The maximum atomic E-state index is 11.4. The molecular formula is C16H19N3O2. The van der Waals surface area contributed by atoms with Crippen LogP contribution in [0.4, 0.5) is 11.4 Å². The number of carbonyl (C=O) groups excluding carboxylic acids is 1. The molecule has 0 fully saturated rings. The van der Waals surface area contributed by atoms with Gasteiger partial charge in [-0.25, -0.2) is 0 Å². The van der Waals surface area contributed by atoms with E-state index in [1.54, 1.807) is 18.2 Å². The van der Waals surface area contributed by atoms with E-state index in [1.165, 1.54) is 0 Å². The third-order valence-electron chi connectivity index (χ3n) is 2.98. The predicted molar refractivity (Wildman–Crippen MR) is 84.5 cm³/mol. The number of hydrogen-bond acceptors (Lipinski definition) is 4. The van der Waals surface area contributed by atoms with Crippen LogP contribution in [-0.2, 0) is 0 Å². The van der Waals surface area contributed by atoms with E-state index in [1.807, 2.05) is 31.2 Å². The van der Waals surface area contributed by atoms with E-state index in [0.29, 0.717) is 24.4 Å². The smallest absolute Gasteiger partial charge is 0.250 e. The Bertz CT molecular complexity index is 641. The number of ether oxygens (including phenoxy) is 1. The largest absolute Gasteiger partial charge is 0.492 e. The summed E-state index contributed by atoms with van der Waals surface area (Å²) < 4.78 is 5.58. The first kappa shape index (κ1) is 14.7. The number of nitrogens with one attached hydrogen (secondary N) is 1. The lowest BCUT2D eigenvalue weighted by atomic mass is 10.1. The van der Waals surface area contributed by atoms with E-state index < -0.39 is 5.91 Å². The molecule has 0 aliphatic heterocycles. The highest BCUT2D eigenvalue weighted by molar-refractivity contribution is 5.98. The van der Waals surface area contributed by atoms with Crippen molar-refractivity contribution in [2.75, 3.05) is 24.2 Å². The van der Waals surface area contributed by atoms with Gasteiger partial charge in [0.15, 0.2) is 0 Å². The van der Waals surface area contributed by atoms with Gasteiger partial charge in [0, 0.05) is 24.0 Å². The van der Waals surface area contributed by atoms with Gasteiger partial charge in [0.05, 0.1) is 5.56 Å². The molecule has 2 aromatic carbocycles. The van der Waals surface area contributed by atoms with Crippen molar-refractivity contribution >= 4 is 17.3 Å². The van der Waals surface area contributed by atoms with Crippen molar-refractivity contribution in [1.29, 1.82) is 0 Å². The molecule has 1 amide bonds. The van der Waals surface area contributed by atoms with Gasteiger partial charge < -0.3 is 21.5 Å². The van der Waals surface area contributed by atoms with Crippen LogP contribution in [0.25, 0.3) is 0 Å². The highest BCUT2D eigenvalue weighted by Gasteiger charge is 2.07. The number of carbonyl (C=O) groups is 1. The van der Waals surface area contributed by atoms with Crippen molar-refractivity contribution in [2.24, 2.45) is 5.73 Å². The number of hydrogen-bond donors (Lipinski definition) is 3. The maximum Gasteiger partial charge on any atom is 0.250 e. The lowest BCUT2D eigenvalue weighted by Gasteiger charge is -2.12. The van der Waals surface area contributed by atoms with Crippen molar-refractivity contribution in [3.8, 4) is 5.75 Å². The van der Waals surface area contributed by atoms with Gasteiger partial charge in [0.25, 0.3) is 5.91 Å². The molecule has 2 aromatic rings. The summed E-state index contributed by atoms with van der Waals surface area (Å²) in [4.78, 5) is 11.4. The predicted octanol–water partition coefficient (Wildman–Crippen LogP) is 2.17. The van der Waals surface area contributed by atoms with E-state index in [-0.39, 0.29) is 0 Å². The second-order valence-electron chi connectivity index (χ2n) is 4.76. The molecule has 5 N–H and O–H groups in total. The number of rotatable bonds is 6. The number of benzene rings is 2. The first-order valence-corrected chi connectivity index (χ1v) is 6.69. The molecule has 0 heterocycles. The quantitative estimate of drug-likeness (QED) is 0.560. The zero-order valence-electron chi connectivity index (χ0n) is 11.9. The van der Waals surface area contributed by atoms with Gasteiger partial charge in [-0.1, -0.05) is 12.1 Å². The minimum absolute atomic E-state index is 0.450. The van der Waals surface area contributed by atoms with Crippen LogP contribution in [0.5, 0.6) is 5.75 Å². The Hall–Kier alpha value is -2.69. The Kier molecular flexibility index (Phi) is 4.66. The van der Waals surface area contributed by atoms with Crippen LogP contribution >= 0.6 is 0 Å². The van der Waals surface area contributed by atoms with E-state index in [0.717, 1.165) is 17.0 Å². The minimum atomic E-state index is -0.450. The summed E-state index contributed by atoms with van der Waals surface area (Å²) in [5, 5.41) is 3.16. The number of nitrogen functional groups attached to an aromatic ring is 1. The monoisotopic (exact) mass is 285 g/mol. The zero-order chi connectivity index (χ0) is 15.2. The molecule has 21 heavy (non-hydrogen) atoms. The van der Waals surface area contributed by atoms with Gasteiger partial charge >= 0.3 is 0 Å².